The lowest BCUT2D eigenvalue weighted by atomic mass is 10.1. The highest BCUT2D eigenvalue weighted by Gasteiger charge is 2.40. The summed E-state index contributed by atoms with van der Waals surface area (Å²) in [5.41, 5.74) is 0.635. The first-order valence-corrected chi connectivity index (χ1v) is 6.20. The molecule has 0 bridgehead atoms. The zero-order valence-electron chi connectivity index (χ0n) is 9.08. The Bertz CT molecular complexity index is 408. The molecule has 3 heteroatoms. The van der Waals surface area contributed by atoms with Crippen molar-refractivity contribution in [3.63, 3.8) is 0 Å². The molecule has 0 aliphatic heterocycles. The second-order valence-corrected chi connectivity index (χ2v) is 5.39. The van der Waals surface area contributed by atoms with Crippen LogP contribution in [-0.4, -0.2) is 16.8 Å². The first kappa shape index (κ1) is 10.4. The third-order valence-electron chi connectivity index (χ3n) is 3.17. The van der Waals surface area contributed by atoms with Crippen LogP contribution in [0.4, 0.5) is 0 Å². The van der Waals surface area contributed by atoms with Crippen molar-refractivity contribution >= 4 is 11.6 Å². The molecule has 2 saturated carbocycles. The standard InChI is InChI=1S/C13H15ClO2/c14-11-7-9(8-13(15)5-6-13)1-4-12(11)16-10-2-3-10/h1,4,7,10,15H,2-3,5-6,8H2. The van der Waals surface area contributed by atoms with Gasteiger partial charge in [-0.15, -0.1) is 0 Å². The maximum Gasteiger partial charge on any atom is 0.138 e. The molecule has 16 heavy (non-hydrogen) atoms. The molecule has 0 aromatic heterocycles. The van der Waals surface area contributed by atoms with Gasteiger partial charge in [-0.1, -0.05) is 17.7 Å². The zero-order valence-corrected chi connectivity index (χ0v) is 9.83. The van der Waals surface area contributed by atoms with Crippen LogP contribution in [0, 0.1) is 0 Å². The van der Waals surface area contributed by atoms with Crippen molar-refractivity contribution in [1.82, 2.24) is 0 Å². The van der Waals surface area contributed by atoms with E-state index < -0.39 is 5.60 Å². The van der Waals surface area contributed by atoms with Gasteiger partial charge in [0.25, 0.3) is 0 Å². The van der Waals surface area contributed by atoms with Crippen molar-refractivity contribution in [2.45, 2.75) is 43.8 Å². The molecule has 0 heterocycles. The van der Waals surface area contributed by atoms with E-state index in [0.717, 1.165) is 37.0 Å². The lowest BCUT2D eigenvalue weighted by Gasteiger charge is -2.11. The van der Waals surface area contributed by atoms with Crippen LogP contribution in [0.15, 0.2) is 18.2 Å². The highest BCUT2D eigenvalue weighted by atomic mass is 35.5. The van der Waals surface area contributed by atoms with Gasteiger partial charge in [-0.2, -0.15) is 0 Å². The highest BCUT2D eigenvalue weighted by Crippen LogP contribution is 2.39. The summed E-state index contributed by atoms with van der Waals surface area (Å²) >= 11 is 6.14. The van der Waals surface area contributed by atoms with Crippen LogP contribution >= 0.6 is 11.6 Å². The first-order chi connectivity index (χ1) is 7.65. The summed E-state index contributed by atoms with van der Waals surface area (Å²) in [5, 5.41) is 10.5. The number of hydrogen-bond donors (Lipinski definition) is 1. The van der Waals surface area contributed by atoms with Crippen molar-refractivity contribution < 1.29 is 9.84 Å². The number of hydrogen-bond acceptors (Lipinski definition) is 2. The van der Waals surface area contributed by atoms with Crippen LogP contribution in [-0.2, 0) is 6.42 Å². The maximum atomic E-state index is 9.82. The molecule has 2 aliphatic carbocycles. The molecule has 86 valence electrons. The van der Waals surface area contributed by atoms with E-state index in [1.165, 1.54) is 0 Å². The smallest absolute Gasteiger partial charge is 0.138 e. The predicted molar refractivity (Wildman–Crippen MR) is 63.0 cm³/mol. The fourth-order valence-electron chi connectivity index (χ4n) is 1.82. The fourth-order valence-corrected chi connectivity index (χ4v) is 2.06. The molecular weight excluding hydrogens is 224 g/mol. The summed E-state index contributed by atoms with van der Waals surface area (Å²) in [4.78, 5) is 0. The Hall–Kier alpha value is -0.730. The van der Waals surface area contributed by atoms with Gasteiger partial charge >= 0.3 is 0 Å². The molecule has 0 amide bonds. The molecule has 0 radical (unpaired) electrons. The van der Waals surface area contributed by atoms with E-state index in [-0.39, 0.29) is 0 Å². The van der Waals surface area contributed by atoms with E-state index >= 15 is 0 Å². The van der Waals surface area contributed by atoms with Gasteiger partial charge in [0.1, 0.15) is 5.75 Å². The average molecular weight is 239 g/mol. The summed E-state index contributed by atoms with van der Waals surface area (Å²) in [6.07, 6.45) is 5.16. The van der Waals surface area contributed by atoms with Gasteiger partial charge < -0.3 is 9.84 Å². The van der Waals surface area contributed by atoms with Gasteiger partial charge in [-0.25, -0.2) is 0 Å². The zero-order chi connectivity index (χ0) is 11.2. The molecular formula is C13H15ClO2. The minimum absolute atomic E-state index is 0.371. The summed E-state index contributed by atoms with van der Waals surface area (Å²) in [5.74, 6) is 0.774. The molecule has 2 nitrogen and oxygen atoms in total. The van der Waals surface area contributed by atoms with E-state index in [0.29, 0.717) is 17.5 Å². The van der Waals surface area contributed by atoms with Crippen molar-refractivity contribution in [3.8, 4) is 5.75 Å². The third-order valence-corrected chi connectivity index (χ3v) is 3.47. The topological polar surface area (TPSA) is 29.5 Å². The predicted octanol–water partition coefficient (Wildman–Crippen LogP) is 2.95. The Labute approximate surface area is 100 Å². The summed E-state index contributed by atoms with van der Waals surface area (Å²) in [6, 6.07) is 5.83. The Morgan fingerprint density at radius 1 is 1.38 bits per heavy atom. The highest BCUT2D eigenvalue weighted by molar-refractivity contribution is 6.32. The van der Waals surface area contributed by atoms with Crippen molar-refractivity contribution in [3.05, 3.63) is 28.8 Å². The minimum atomic E-state index is -0.456. The van der Waals surface area contributed by atoms with Gasteiger partial charge in [0.2, 0.25) is 0 Å². The molecule has 0 atom stereocenters. The Balaban J connectivity index is 1.73. The normalized spacial score (nSPS) is 21.9. The van der Waals surface area contributed by atoms with Crippen LogP contribution in [0.3, 0.4) is 0 Å². The third kappa shape index (κ3) is 2.33. The lowest BCUT2D eigenvalue weighted by Crippen LogP contribution is -2.10. The van der Waals surface area contributed by atoms with Crippen LogP contribution in [0.1, 0.15) is 31.2 Å². The van der Waals surface area contributed by atoms with Gasteiger partial charge in [-0.05, 0) is 43.4 Å². The Morgan fingerprint density at radius 3 is 2.69 bits per heavy atom. The Kier molecular flexibility index (Phi) is 2.37. The van der Waals surface area contributed by atoms with E-state index in [4.69, 9.17) is 16.3 Å². The molecule has 2 aliphatic rings. The fraction of sp³-hybridized carbons (Fsp3) is 0.538. The van der Waals surface area contributed by atoms with Crippen LogP contribution in [0.5, 0.6) is 5.75 Å². The lowest BCUT2D eigenvalue weighted by molar-refractivity contribution is 0.151. The molecule has 1 N–H and O–H groups in total. The number of halogens is 1. The molecule has 1 aromatic carbocycles. The van der Waals surface area contributed by atoms with E-state index in [9.17, 15) is 5.11 Å². The van der Waals surface area contributed by atoms with Crippen molar-refractivity contribution in [1.29, 1.82) is 0 Å². The molecule has 0 unspecified atom stereocenters. The second kappa shape index (κ2) is 3.64. The average Bonchev–Trinajstić information content (AvgIpc) is 3.11. The van der Waals surface area contributed by atoms with E-state index in [1.807, 2.05) is 18.2 Å². The molecule has 2 fully saturated rings. The summed E-state index contributed by atoms with van der Waals surface area (Å²) in [6.45, 7) is 0. The molecule has 0 saturated heterocycles. The summed E-state index contributed by atoms with van der Waals surface area (Å²) in [7, 11) is 0. The summed E-state index contributed by atoms with van der Waals surface area (Å²) < 4.78 is 5.66. The minimum Gasteiger partial charge on any atom is -0.489 e. The van der Waals surface area contributed by atoms with Gasteiger partial charge in [0, 0.05) is 6.42 Å². The quantitative estimate of drug-likeness (QED) is 0.874. The molecule has 3 rings (SSSR count). The molecule has 1 aromatic rings. The number of aliphatic hydroxyl groups is 1. The largest absolute Gasteiger partial charge is 0.489 e. The second-order valence-electron chi connectivity index (χ2n) is 4.98. The monoisotopic (exact) mass is 238 g/mol. The van der Waals surface area contributed by atoms with Gasteiger partial charge in [0.15, 0.2) is 0 Å². The van der Waals surface area contributed by atoms with Crippen molar-refractivity contribution in [2.24, 2.45) is 0 Å². The van der Waals surface area contributed by atoms with Crippen molar-refractivity contribution in [2.75, 3.05) is 0 Å². The van der Waals surface area contributed by atoms with Gasteiger partial charge in [-0.3, -0.25) is 0 Å². The SMILES string of the molecule is OC1(Cc2ccc(OC3CC3)c(Cl)c2)CC1. The number of ether oxygens (including phenoxy) is 1. The first-order valence-electron chi connectivity index (χ1n) is 5.82. The number of rotatable bonds is 4. The number of benzene rings is 1. The van der Waals surface area contributed by atoms with E-state index in [1.54, 1.807) is 0 Å². The maximum absolute atomic E-state index is 9.82. The van der Waals surface area contributed by atoms with E-state index in [2.05, 4.69) is 0 Å². The van der Waals surface area contributed by atoms with Gasteiger partial charge in [0.05, 0.1) is 16.7 Å². The van der Waals surface area contributed by atoms with Crippen LogP contribution < -0.4 is 4.74 Å². The van der Waals surface area contributed by atoms with Crippen LogP contribution in [0.2, 0.25) is 5.02 Å². The molecule has 0 spiro atoms. The van der Waals surface area contributed by atoms with Crippen LogP contribution in [0.25, 0.3) is 0 Å². The Morgan fingerprint density at radius 2 is 2.12 bits per heavy atom.